The summed E-state index contributed by atoms with van der Waals surface area (Å²) in [5.41, 5.74) is 4.49. The first-order valence-electron chi connectivity index (χ1n) is 8.02. The Morgan fingerprint density at radius 1 is 1.46 bits per heavy atom. The van der Waals surface area contributed by atoms with Crippen molar-refractivity contribution in [3.05, 3.63) is 22.7 Å². The largest absolute Gasteiger partial charge is 0.461 e. The van der Waals surface area contributed by atoms with Gasteiger partial charge in [-0.1, -0.05) is 0 Å². The Hall–Kier alpha value is -1.39. The number of hydrogen-bond donors (Lipinski definition) is 1. The highest BCUT2D eigenvalue weighted by Crippen LogP contribution is 2.47. The average molecular weight is 407 g/mol. The minimum atomic E-state index is -3.50. The van der Waals surface area contributed by atoms with E-state index in [1.165, 1.54) is 28.6 Å². The van der Waals surface area contributed by atoms with Crippen LogP contribution in [-0.2, 0) is 27.9 Å². The maximum atomic E-state index is 12.3. The summed E-state index contributed by atoms with van der Waals surface area (Å²) >= 11 is 1.39. The van der Waals surface area contributed by atoms with E-state index in [2.05, 4.69) is 4.98 Å². The molecule has 10 nitrogen and oxygen atoms in total. The molecule has 0 unspecified atom stereocenters. The lowest BCUT2D eigenvalue weighted by molar-refractivity contribution is -0.144. The zero-order valence-electron chi connectivity index (χ0n) is 14.5. The quantitative estimate of drug-likeness (QED) is 0.471. The SMILES string of the molecule is CCOP(=O)(CC(=O)OC[C@@H]1O[C@H](n2ccc(N)nc2=O)CS1)OCC. The lowest BCUT2D eigenvalue weighted by atomic mass is 10.5. The predicted molar refractivity (Wildman–Crippen MR) is 96.0 cm³/mol. The van der Waals surface area contributed by atoms with Crippen molar-refractivity contribution in [1.29, 1.82) is 0 Å². The molecule has 0 aliphatic carbocycles. The molecule has 0 spiro atoms. The molecule has 1 fully saturated rings. The van der Waals surface area contributed by atoms with E-state index < -0.39 is 37.1 Å². The molecule has 0 bridgehead atoms. The minimum absolute atomic E-state index is 0.0462. The second-order valence-electron chi connectivity index (χ2n) is 5.18. The Labute approximate surface area is 154 Å². The van der Waals surface area contributed by atoms with Crippen molar-refractivity contribution >= 4 is 31.1 Å². The summed E-state index contributed by atoms with van der Waals surface area (Å²) in [7, 11) is -3.50. The summed E-state index contributed by atoms with van der Waals surface area (Å²) in [6, 6.07) is 1.50. The first-order chi connectivity index (χ1) is 12.4. The fourth-order valence-electron chi connectivity index (χ4n) is 2.21. The number of carbonyl (C=O) groups is 1. The highest BCUT2D eigenvalue weighted by atomic mass is 32.2. The molecule has 0 radical (unpaired) electrons. The summed E-state index contributed by atoms with van der Waals surface area (Å²) in [6.45, 7) is 3.61. The van der Waals surface area contributed by atoms with Gasteiger partial charge in [0.1, 0.15) is 30.3 Å². The van der Waals surface area contributed by atoms with Gasteiger partial charge < -0.3 is 24.3 Å². The van der Waals surface area contributed by atoms with Gasteiger partial charge in [0.25, 0.3) is 0 Å². The third kappa shape index (κ3) is 5.82. The van der Waals surface area contributed by atoms with E-state index in [-0.39, 0.29) is 25.6 Å². The molecule has 0 amide bonds. The molecule has 1 aliphatic heterocycles. The number of carbonyl (C=O) groups excluding carboxylic acids is 1. The van der Waals surface area contributed by atoms with Crippen molar-refractivity contribution in [3.8, 4) is 0 Å². The number of ether oxygens (including phenoxy) is 2. The Bertz CT molecular complexity index is 719. The van der Waals surface area contributed by atoms with Crippen LogP contribution in [0.1, 0.15) is 20.1 Å². The maximum absolute atomic E-state index is 12.3. The highest BCUT2D eigenvalue weighted by Gasteiger charge is 2.32. The van der Waals surface area contributed by atoms with Crippen molar-refractivity contribution in [1.82, 2.24) is 9.55 Å². The van der Waals surface area contributed by atoms with Crippen LogP contribution >= 0.6 is 19.4 Å². The highest BCUT2D eigenvalue weighted by molar-refractivity contribution is 8.00. The fraction of sp³-hybridized carbons (Fsp3) is 0.643. The molecule has 2 atom stereocenters. The maximum Gasteiger partial charge on any atom is 0.351 e. The van der Waals surface area contributed by atoms with Gasteiger partial charge in [-0.3, -0.25) is 13.9 Å². The van der Waals surface area contributed by atoms with Gasteiger partial charge in [0, 0.05) is 11.9 Å². The molecule has 1 aliphatic rings. The molecule has 12 heteroatoms. The van der Waals surface area contributed by atoms with Crippen LogP contribution in [0.4, 0.5) is 5.82 Å². The van der Waals surface area contributed by atoms with Crippen LogP contribution in [0.15, 0.2) is 17.1 Å². The second-order valence-corrected chi connectivity index (χ2v) is 8.43. The Kier molecular flexibility index (Phi) is 7.66. The first kappa shape index (κ1) is 20.9. The molecule has 0 saturated carbocycles. The molecule has 2 N–H and O–H groups in total. The van der Waals surface area contributed by atoms with Crippen molar-refractivity contribution in [2.75, 3.05) is 37.5 Å². The molecule has 1 saturated heterocycles. The number of anilines is 1. The van der Waals surface area contributed by atoms with E-state index in [0.29, 0.717) is 5.75 Å². The molecular weight excluding hydrogens is 385 g/mol. The predicted octanol–water partition coefficient (Wildman–Crippen LogP) is 1.22. The average Bonchev–Trinajstić information content (AvgIpc) is 3.02. The molecule has 0 aromatic carbocycles. The minimum Gasteiger partial charge on any atom is -0.461 e. The van der Waals surface area contributed by atoms with Gasteiger partial charge in [-0.25, -0.2) is 4.79 Å². The van der Waals surface area contributed by atoms with E-state index in [9.17, 15) is 14.2 Å². The van der Waals surface area contributed by atoms with Gasteiger partial charge in [0.15, 0.2) is 0 Å². The van der Waals surface area contributed by atoms with E-state index in [0.717, 1.165) is 0 Å². The molecule has 26 heavy (non-hydrogen) atoms. The molecule has 2 rings (SSSR count). The van der Waals surface area contributed by atoms with Gasteiger partial charge in [0.2, 0.25) is 0 Å². The van der Waals surface area contributed by atoms with Gasteiger partial charge in [-0.2, -0.15) is 4.98 Å². The third-order valence-corrected chi connectivity index (χ3v) is 6.30. The van der Waals surface area contributed by atoms with Crippen LogP contribution < -0.4 is 11.4 Å². The fourth-order valence-corrected chi connectivity index (χ4v) is 4.65. The Balaban J connectivity index is 1.84. The Morgan fingerprint density at radius 2 is 2.15 bits per heavy atom. The number of hydrogen-bond acceptors (Lipinski definition) is 10. The topological polar surface area (TPSA) is 132 Å². The smallest absolute Gasteiger partial charge is 0.351 e. The van der Waals surface area contributed by atoms with E-state index in [4.69, 9.17) is 24.3 Å². The first-order valence-corrected chi connectivity index (χ1v) is 10.8. The number of rotatable bonds is 9. The zero-order chi connectivity index (χ0) is 19.2. The van der Waals surface area contributed by atoms with Gasteiger partial charge in [0.05, 0.1) is 13.2 Å². The van der Waals surface area contributed by atoms with Crippen LogP contribution in [0.2, 0.25) is 0 Å². The van der Waals surface area contributed by atoms with Crippen molar-refractivity contribution in [3.63, 3.8) is 0 Å². The van der Waals surface area contributed by atoms with E-state index in [1.54, 1.807) is 13.8 Å². The van der Waals surface area contributed by atoms with Crippen LogP contribution in [0.3, 0.4) is 0 Å². The van der Waals surface area contributed by atoms with Crippen molar-refractivity contribution in [2.24, 2.45) is 0 Å². The lowest BCUT2D eigenvalue weighted by Gasteiger charge is -2.17. The summed E-state index contributed by atoms with van der Waals surface area (Å²) in [4.78, 5) is 27.4. The number of thioether (sulfide) groups is 1. The molecular formula is C14H22N3O7PS. The van der Waals surface area contributed by atoms with Gasteiger partial charge >= 0.3 is 19.3 Å². The molecule has 1 aromatic heterocycles. The van der Waals surface area contributed by atoms with Crippen LogP contribution in [0.25, 0.3) is 0 Å². The van der Waals surface area contributed by atoms with E-state index >= 15 is 0 Å². The summed E-state index contributed by atoms with van der Waals surface area (Å²) in [5, 5.41) is 0. The van der Waals surface area contributed by atoms with Crippen LogP contribution in [-0.4, -0.2) is 52.7 Å². The molecule has 2 heterocycles. The lowest BCUT2D eigenvalue weighted by Crippen LogP contribution is -2.29. The number of esters is 1. The normalized spacial score (nSPS) is 20.2. The number of nitrogens with zero attached hydrogens (tertiary/aromatic N) is 2. The van der Waals surface area contributed by atoms with Crippen LogP contribution in [0, 0.1) is 0 Å². The second kappa shape index (κ2) is 9.52. The van der Waals surface area contributed by atoms with Gasteiger partial charge in [-0.15, -0.1) is 11.8 Å². The Morgan fingerprint density at radius 3 is 2.77 bits per heavy atom. The third-order valence-electron chi connectivity index (χ3n) is 3.25. The van der Waals surface area contributed by atoms with Gasteiger partial charge in [-0.05, 0) is 19.9 Å². The number of nitrogen functional groups attached to an aromatic ring is 1. The van der Waals surface area contributed by atoms with Crippen LogP contribution in [0.5, 0.6) is 0 Å². The molecule has 146 valence electrons. The van der Waals surface area contributed by atoms with Crippen molar-refractivity contribution < 1.29 is 27.9 Å². The van der Waals surface area contributed by atoms with Crippen molar-refractivity contribution in [2.45, 2.75) is 25.5 Å². The molecule has 1 aromatic rings. The zero-order valence-corrected chi connectivity index (χ0v) is 16.2. The standard InChI is InChI=1S/C14H22N3O7PS/c1-3-22-25(20,23-4-2)8-12(18)21-7-13-24-11(9-26-13)17-6-5-10(15)16-14(17)19/h5-6,11,13H,3-4,7-9H2,1-2H3,(H2,15,16,19)/t11-,13+/m0/s1. The monoisotopic (exact) mass is 407 g/mol. The number of nitrogens with two attached hydrogens (primary N) is 1. The van der Waals surface area contributed by atoms with E-state index in [1.807, 2.05) is 0 Å². The summed E-state index contributed by atoms with van der Waals surface area (Å²) < 4.78 is 34.5. The number of aromatic nitrogens is 2. The summed E-state index contributed by atoms with van der Waals surface area (Å²) in [5.74, 6) is -0.0750. The summed E-state index contributed by atoms with van der Waals surface area (Å²) in [6.07, 6.45) is 0.518.